The van der Waals surface area contributed by atoms with Crippen molar-refractivity contribution < 1.29 is 19.8 Å². The number of allylic oxidation sites excluding steroid dienone is 1. The van der Waals surface area contributed by atoms with Gasteiger partial charge in [0.2, 0.25) is 0 Å². The Morgan fingerprint density at radius 1 is 1.32 bits per heavy atom. The Morgan fingerprint density at radius 3 is 2.32 bits per heavy atom. The quantitative estimate of drug-likeness (QED) is 0.801. The highest BCUT2D eigenvalue weighted by molar-refractivity contribution is 6.04. The van der Waals surface area contributed by atoms with Gasteiger partial charge in [0.15, 0.2) is 0 Å². The largest absolute Gasteiger partial charge is 0.481 e. The average Bonchev–Trinajstić information content (AvgIpc) is 2.26. The van der Waals surface area contributed by atoms with Crippen molar-refractivity contribution in [3.05, 3.63) is 11.3 Å². The van der Waals surface area contributed by atoms with Gasteiger partial charge in [0, 0.05) is 17.3 Å². The molecular formula is C14H21NO4. The van der Waals surface area contributed by atoms with Gasteiger partial charge in [-0.25, -0.2) is 4.79 Å². The van der Waals surface area contributed by atoms with E-state index in [2.05, 4.69) is 4.99 Å². The molecule has 106 valence electrons. The molecule has 0 aromatic rings. The molecule has 1 aliphatic rings. The van der Waals surface area contributed by atoms with Gasteiger partial charge in [0.25, 0.3) is 0 Å². The number of hydrogen-bond donors (Lipinski definition) is 2. The normalized spacial score (nSPS) is 24.9. The smallest absolute Gasteiger partial charge is 0.333 e. The van der Waals surface area contributed by atoms with Crippen LogP contribution in [0.15, 0.2) is 16.3 Å². The maximum Gasteiger partial charge on any atom is 0.333 e. The molecule has 1 aliphatic heterocycles. The predicted molar refractivity (Wildman–Crippen MR) is 72.1 cm³/mol. The Bertz CT molecular complexity index is 450. The van der Waals surface area contributed by atoms with Crippen molar-refractivity contribution in [3.63, 3.8) is 0 Å². The summed E-state index contributed by atoms with van der Waals surface area (Å²) in [6.45, 7) is 7.22. The number of aliphatic imine (C=N–C) groups is 1. The van der Waals surface area contributed by atoms with Gasteiger partial charge in [-0.05, 0) is 19.8 Å². The van der Waals surface area contributed by atoms with Crippen LogP contribution in [0.2, 0.25) is 0 Å². The van der Waals surface area contributed by atoms with Crippen LogP contribution in [0.3, 0.4) is 0 Å². The van der Waals surface area contributed by atoms with Crippen molar-refractivity contribution in [2.24, 2.45) is 22.7 Å². The first-order valence-electron chi connectivity index (χ1n) is 6.53. The van der Waals surface area contributed by atoms with E-state index in [4.69, 9.17) is 0 Å². The van der Waals surface area contributed by atoms with E-state index in [0.717, 1.165) is 12.8 Å². The van der Waals surface area contributed by atoms with Crippen molar-refractivity contribution in [3.8, 4) is 0 Å². The number of carboxylic acids is 2. The third-order valence-corrected chi connectivity index (χ3v) is 3.73. The lowest BCUT2D eigenvalue weighted by Gasteiger charge is -2.33. The van der Waals surface area contributed by atoms with Crippen LogP contribution in [0, 0.1) is 17.8 Å². The predicted octanol–water partition coefficient (Wildman–Crippen LogP) is 2.57. The van der Waals surface area contributed by atoms with E-state index in [0.29, 0.717) is 11.4 Å². The molecule has 5 heteroatoms. The fourth-order valence-electron chi connectivity index (χ4n) is 2.94. The molecule has 0 radical (unpaired) electrons. The molecule has 0 saturated heterocycles. The molecule has 0 bridgehead atoms. The number of hydrogen-bond acceptors (Lipinski definition) is 3. The summed E-state index contributed by atoms with van der Waals surface area (Å²) in [7, 11) is 0. The van der Waals surface area contributed by atoms with E-state index in [1.165, 1.54) is 0 Å². The third kappa shape index (κ3) is 3.03. The average molecular weight is 267 g/mol. The van der Waals surface area contributed by atoms with Crippen LogP contribution in [0.1, 0.15) is 40.5 Å². The summed E-state index contributed by atoms with van der Waals surface area (Å²) in [5.74, 6) is -3.41. The van der Waals surface area contributed by atoms with Crippen molar-refractivity contribution >= 4 is 17.7 Å². The Morgan fingerprint density at radius 2 is 1.89 bits per heavy atom. The third-order valence-electron chi connectivity index (χ3n) is 3.73. The van der Waals surface area contributed by atoms with Gasteiger partial charge in [-0.1, -0.05) is 26.7 Å². The minimum absolute atomic E-state index is 0.00222. The van der Waals surface area contributed by atoms with E-state index in [9.17, 15) is 19.8 Å². The van der Waals surface area contributed by atoms with Crippen molar-refractivity contribution in [2.75, 3.05) is 0 Å². The van der Waals surface area contributed by atoms with Crippen molar-refractivity contribution in [1.29, 1.82) is 0 Å². The lowest BCUT2D eigenvalue weighted by Crippen LogP contribution is -2.39. The van der Waals surface area contributed by atoms with Crippen LogP contribution in [0.5, 0.6) is 0 Å². The van der Waals surface area contributed by atoms with Crippen LogP contribution in [0.25, 0.3) is 0 Å². The zero-order valence-corrected chi connectivity index (χ0v) is 11.8. The lowest BCUT2D eigenvalue weighted by atomic mass is 9.72. The van der Waals surface area contributed by atoms with Gasteiger partial charge in [0.05, 0.1) is 5.57 Å². The highest BCUT2D eigenvalue weighted by Crippen LogP contribution is 2.38. The molecule has 3 atom stereocenters. The maximum atomic E-state index is 11.5. The molecule has 0 spiro atoms. The molecule has 1 heterocycles. The van der Waals surface area contributed by atoms with Gasteiger partial charge < -0.3 is 10.2 Å². The van der Waals surface area contributed by atoms with Crippen LogP contribution >= 0.6 is 0 Å². The van der Waals surface area contributed by atoms with Crippen molar-refractivity contribution in [1.82, 2.24) is 0 Å². The fourth-order valence-corrected chi connectivity index (χ4v) is 2.94. The first-order chi connectivity index (χ1) is 8.81. The van der Waals surface area contributed by atoms with Crippen molar-refractivity contribution in [2.45, 2.75) is 40.5 Å². The topological polar surface area (TPSA) is 87.0 Å². The Kier molecular flexibility index (Phi) is 4.86. The van der Waals surface area contributed by atoms with Gasteiger partial charge in [0.1, 0.15) is 5.92 Å². The first-order valence-corrected chi connectivity index (χ1v) is 6.53. The molecule has 2 N–H and O–H groups in total. The molecule has 0 aliphatic carbocycles. The summed E-state index contributed by atoms with van der Waals surface area (Å²) in [6, 6.07) is 0. The summed E-state index contributed by atoms with van der Waals surface area (Å²) in [5.41, 5.74) is 1.07. The monoisotopic (exact) mass is 267 g/mol. The maximum absolute atomic E-state index is 11.5. The second-order valence-corrected chi connectivity index (χ2v) is 5.17. The van der Waals surface area contributed by atoms with Gasteiger partial charge in [-0.2, -0.15) is 0 Å². The Labute approximate surface area is 113 Å². The van der Waals surface area contributed by atoms with E-state index in [1.807, 2.05) is 13.8 Å². The zero-order valence-electron chi connectivity index (χ0n) is 11.8. The molecule has 0 aromatic heterocycles. The summed E-state index contributed by atoms with van der Waals surface area (Å²) >= 11 is 0. The van der Waals surface area contributed by atoms with Crippen LogP contribution in [-0.4, -0.2) is 27.9 Å². The Hall–Kier alpha value is -1.65. The van der Waals surface area contributed by atoms with Crippen LogP contribution < -0.4 is 0 Å². The van der Waals surface area contributed by atoms with E-state index in [1.54, 1.807) is 13.8 Å². The fraction of sp³-hybridized carbons (Fsp3) is 0.643. The minimum Gasteiger partial charge on any atom is -0.481 e. The number of aliphatic carboxylic acids is 2. The highest BCUT2D eigenvalue weighted by atomic mass is 16.4. The summed E-state index contributed by atoms with van der Waals surface area (Å²) < 4.78 is 0. The van der Waals surface area contributed by atoms with E-state index < -0.39 is 23.8 Å². The molecular weight excluding hydrogens is 246 g/mol. The summed E-state index contributed by atoms with van der Waals surface area (Å²) in [6.07, 6.45) is 1.69. The number of carbonyl (C=O) groups is 2. The van der Waals surface area contributed by atoms with E-state index >= 15 is 0 Å². The first kappa shape index (κ1) is 15.4. The van der Waals surface area contributed by atoms with Crippen LogP contribution in [-0.2, 0) is 9.59 Å². The number of nitrogens with zero attached hydrogens (tertiary/aromatic N) is 1. The minimum atomic E-state index is -1.06. The Balaban J connectivity index is 3.33. The van der Waals surface area contributed by atoms with E-state index in [-0.39, 0.29) is 11.5 Å². The molecule has 0 fully saturated rings. The second-order valence-electron chi connectivity index (χ2n) is 5.17. The highest BCUT2D eigenvalue weighted by Gasteiger charge is 2.42. The van der Waals surface area contributed by atoms with Crippen LogP contribution in [0.4, 0.5) is 0 Å². The molecule has 19 heavy (non-hydrogen) atoms. The summed E-state index contributed by atoms with van der Waals surface area (Å²) in [4.78, 5) is 27.0. The SMILES string of the molecule is CCCC(C)C1C(C(=O)O)=C(C)N=C(C)C1C(=O)O. The molecule has 3 unspecified atom stereocenters. The number of carboxylic acid groups (broad SMARTS) is 2. The van der Waals surface area contributed by atoms with Gasteiger partial charge in [-0.3, -0.25) is 9.79 Å². The molecule has 0 aromatic carbocycles. The van der Waals surface area contributed by atoms with Gasteiger partial charge >= 0.3 is 11.9 Å². The molecule has 0 saturated carbocycles. The number of rotatable bonds is 5. The standard InChI is InChI=1S/C14H21NO4/c1-5-6-7(2)10-11(13(16)17)8(3)15-9(4)12(10)14(18)19/h7,10-11H,5-6H2,1-4H3,(H,16,17)(H,18,19). The second kappa shape index (κ2) is 5.99. The molecule has 1 rings (SSSR count). The summed E-state index contributed by atoms with van der Waals surface area (Å²) in [5, 5.41) is 18.7. The molecule has 0 amide bonds. The lowest BCUT2D eigenvalue weighted by molar-refractivity contribution is -0.141. The zero-order chi connectivity index (χ0) is 14.7. The molecule has 5 nitrogen and oxygen atoms in total. The van der Waals surface area contributed by atoms with Gasteiger partial charge in [-0.15, -0.1) is 0 Å².